The lowest BCUT2D eigenvalue weighted by Gasteiger charge is -2.36. The minimum atomic E-state index is -0.406. The third-order valence-electron chi connectivity index (χ3n) is 4.83. The quantitative estimate of drug-likeness (QED) is 0.301. The Morgan fingerprint density at radius 1 is 1.17 bits per heavy atom. The molecule has 10 heteroatoms. The Labute approximate surface area is 184 Å². The molecule has 0 aromatic heterocycles. The van der Waals surface area contributed by atoms with E-state index >= 15 is 0 Å². The van der Waals surface area contributed by atoms with Gasteiger partial charge in [-0.05, 0) is 31.0 Å². The summed E-state index contributed by atoms with van der Waals surface area (Å²) in [4.78, 5) is 39.5. The highest BCUT2D eigenvalue weighted by Crippen LogP contribution is 2.25. The molecule has 0 spiro atoms. The molecule has 1 saturated heterocycles. The second-order valence-corrected chi connectivity index (χ2v) is 7.81. The van der Waals surface area contributed by atoms with Crippen molar-refractivity contribution in [2.24, 2.45) is 0 Å². The highest BCUT2D eigenvalue weighted by Gasteiger charge is 2.23. The lowest BCUT2D eigenvalue weighted by molar-refractivity contribution is -0.118. The predicted octanol–water partition coefficient (Wildman–Crippen LogP) is 1.93. The van der Waals surface area contributed by atoms with Crippen LogP contribution in [0.2, 0.25) is 0 Å². The third kappa shape index (κ3) is 7.16. The van der Waals surface area contributed by atoms with E-state index in [2.05, 4.69) is 26.6 Å². The average Bonchev–Trinajstić information content (AvgIpc) is 2.74. The number of amides is 4. The van der Waals surface area contributed by atoms with Crippen LogP contribution in [0.5, 0.6) is 0 Å². The zero-order chi connectivity index (χ0) is 21.9. The van der Waals surface area contributed by atoms with Gasteiger partial charge in [-0.1, -0.05) is 15.9 Å². The molecule has 166 valence electrons. The van der Waals surface area contributed by atoms with Crippen molar-refractivity contribution in [2.75, 3.05) is 60.9 Å². The summed E-state index contributed by atoms with van der Waals surface area (Å²) in [5, 5.41) is 6.38. The molecular weight excluding hydrogens is 457 g/mol. The molecule has 1 aromatic rings. The van der Waals surface area contributed by atoms with Crippen molar-refractivity contribution in [3.05, 3.63) is 24.0 Å². The van der Waals surface area contributed by atoms with Crippen molar-refractivity contribution >= 4 is 45.7 Å². The SMILES string of the molecule is CC(=O)NCCCN(C=O)c1ccc(N2CCN(C(=O)NCCCBr)CC2)c(F)c1. The molecule has 1 aromatic carbocycles. The zero-order valence-electron chi connectivity index (χ0n) is 17.2. The van der Waals surface area contributed by atoms with Gasteiger partial charge in [0.2, 0.25) is 12.3 Å². The van der Waals surface area contributed by atoms with Gasteiger partial charge in [0.05, 0.1) is 5.69 Å². The van der Waals surface area contributed by atoms with E-state index in [1.807, 2.05) is 4.90 Å². The summed E-state index contributed by atoms with van der Waals surface area (Å²) in [6.07, 6.45) is 2.10. The van der Waals surface area contributed by atoms with Gasteiger partial charge in [-0.25, -0.2) is 9.18 Å². The van der Waals surface area contributed by atoms with E-state index in [1.165, 1.54) is 17.9 Å². The number of benzene rings is 1. The molecule has 2 rings (SSSR count). The van der Waals surface area contributed by atoms with Crippen molar-refractivity contribution in [1.29, 1.82) is 0 Å². The van der Waals surface area contributed by atoms with Gasteiger partial charge in [-0.3, -0.25) is 9.59 Å². The summed E-state index contributed by atoms with van der Waals surface area (Å²) in [6, 6.07) is 4.64. The molecule has 4 amide bonds. The van der Waals surface area contributed by atoms with Crippen LogP contribution in [0.25, 0.3) is 0 Å². The van der Waals surface area contributed by atoms with Crippen molar-refractivity contribution in [2.45, 2.75) is 19.8 Å². The van der Waals surface area contributed by atoms with Crippen LogP contribution in [-0.4, -0.2) is 74.4 Å². The monoisotopic (exact) mass is 485 g/mol. The van der Waals surface area contributed by atoms with E-state index in [1.54, 1.807) is 17.0 Å². The van der Waals surface area contributed by atoms with Crippen LogP contribution in [0.1, 0.15) is 19.8 Å². The second-order valence-electron chi connectivity index (χ2n) is 7.02. The summed E-state index contributed by atoms with van der Waals surface area (Å²) >= 11 is 3.33. The van der Waals surface area contributed by atoms with Gasteiger partial charge in [0.25, 0.3) is 0 Å². The number of nitrogens with zero attached hydrogens (tertiary/aromatic N) is 3. The third-order valence-corrected chi connectivity index (χ3v) is 5.39. The maximum Gasteiger partial charge on any atom is 0.317 e. The molecule has 1 aliphatic rings. The number of hydrogen-bond donors (Lipinski definition) is 2. The number of urea groups is 1. The summed E-state index contributed by atoms with van der Waals surface area (Å²) < 4.78 is 14.7. The van der Waals surface area contributed by atoms with Gasteiger partial charge in [0.1, 0.15) is 5.82 Å². The standard InChI is InChI=1S/C20H29BrFN5O3/c1-16(29)23-8-3-9-27(15-28)17-4-5-19(18(22)14-17)25-10-12-26(13-11-25)20(30)24-7-2-6-21/h4-5,14-15H,2-3,6-13H2,1H3,(H,23,29)(H,24,30). The molecule has 2 N–H and O–H groups in total. The molecule has 8 nitrogen and oxygen atoms in total. The number of carbonyl (C=O) groups is 3. The number of piperazine rings is 1. The first-order chi connectivity index (χ1) is 14.5. The number of hydrogen-bond acceptors (Lipinski definition) is 4. The summed E-state index contributed by atoms with van der Waals surface area (Å²) in [5.41, 5.74) is 0.932. The number of halogens is 2. The van der Waals surface area contributed by atoms with Crippen molar-refractivity contribution in [3.8, 4) is 0 Å². The minimum Gasteiger partial charge on any atom is -0.366 e. The number of carbonyl (C=O) groups excluding carboxylic acids is 3. The molecule has 0 aliphatic carbocycles. The van der Waals surface area contributed by atoms with E-state index in [0.717, 1.165) is 11.8 Å². The van der Waals surface area contributed by atoms with E-state index < -0.39 is 5.82 Å². The normalized spacial score (nSPS) is 13.7. The molecule has 0 atom stereocenters. The first-order valence-electron chi connectivity index (χ1n) is 10.1. The largest absolute Gasteiger partial charge is 0.366 e. The van der Waals surface area contributed by atoms with Gasteiger partial charge in [0, 0.05) is 63.8 Å². The Kier molecular flexibility index (Phi) is 9.85. The van der Waals surface area contributed by atoms with Crippen LogP contribution in [0.15, 0.2) is 18.2 Å². The molecule has 0 bridgehead atoms. The zero-order valence-corrected chi connectivity index (χ0v) is 18.8. The van der Waals surface area contributed by atoms with E-state index in [4.69, 9.17) is 0 Å². The summed E-state index contributed by atoms with van der Waals surface area (Å²) in [5.74, 6) is -0.531. The Balaban J connectivity index is 1.90. The van der Waals surface area contributed by atoms with Crippen LogP contribution >= 0.6 is 15.9 Å². The lowest BCUT2D eigenvalue weighted by Crippen LogP contribution is -2.52. The number of rotatable bonds is 10. The maximum absolute atomic E-state index is 14.7. The first-order valence-corrected chi connectivity index (χ1v) is 11.2. The van der Waals surface area contributed by atoms with Gasteiger partial charge in [-0.2, -0.15) is 0 Å². The van der Waals surface area contributed by atoms with Gasteiger partial charge < -0.3 is 25.3 Å². The Morgan fingerprint density at radius 3 is 2.47 bits per heavy atom. The van der Waals surface area contributed by atoms with E-state index in [-0.39, 0.29) is 11.9 Å². The number of alkyl halides is 1. The van der Waals surface area contributed by atoms with Crippen molar-refractivity contribution in [1.82, 2.24) is 15.5 Å². The summed E-state index contributed by atoms with van der Waals surface area (Å²) in [7, 11) is 0. The van der Waals surface area contributed by atoms with Crippen LogP contribution in [0.3, 0.4) is 0 Å². The van der Waals surface area contributed by atoms with E-state index in [9.17, 15) is 18.8 Å². The fourth-order valence-electron chi connectivity index (χ4n) is 3.21. The summed E-state index contributed by atoms with van der Waals surface area (Å²) in [6.45, 7) is 5.00. The maximum atomic E-state index is 14.7. The first kappa shape index (κ1) is 23.9. The molecule has 1 fully saturated rings. The molecule has 0 saturated carbocycles. The van der Waals surface area contributed by atoms with Crippen molar-refractivity contribution in [3.63, 3.8) is 0 Å². The van der Waals surface area contributed by atoms with Crippen molar-refractivity contribution < 1.29 is 18.8 Å². The van der Waals surface area contributed by atoms with Gasteiger partial charge >= 0.3 is 6.03 Å². The molecule has 1 heterocycles. The highest BCUT2D eigenvalue weighted by molar-refractivity contribution is 9.09. The predicted molar refractivity (Wildman–Crippen MR) is 119 cm³/mol. The number of anilines is 2. The molecule has 30 heavy (non-hydrogen) atoms. The topological polar surface area (TPSA) is 85.0 Å². The Bertz CT molecular complexity index is 728. The Morgan fingerprint density at radius 2 is 1.87 bits per heavy atom. The average molecular weight is 486 g/mol. The number of nitrogens with one attached hydrogen (secondary N) is 2. The smallest absolute Gasteiger partial charge is 0.317 e. The van der Waals surface area contributed by atoms with Crippen LogP contribution < -0.4 is 20.4 Å². The fraction of sp³-hybridized carbons (Fsp3) is 0.550. The van der Waals surface area contributed by atoms with Crippen LogP contribution in [0, 0.1) is 5.82 Å². The lowest BCUT2D eigenvalue weighted by atomic mass is 10.2. The van der Waals surface area contributed by atoms with Gasteiger partial charge in [-0.15, -0.1) is 0 Å². The minimum absolute atomic E-state index is 0.0905. The fourth-order valence-corrected chi connectivity index (χ4v) is 3.49. The molecule has 0 unspecified atom stereocenters. The van der Waals surface area contributed by atoms with Gasteiger partial charge in [0.15, 0.2) is 0 Å². The highest BCUT2D eigenvalue weighted by atomic mass is 79.9. The van der Waals surface area contributed by atoms with Crippen LogP contribution in [-0.2, 0) is 9.59 Å². The Hall–Kier alpha value is -2.36. The van der Waals surface area contributed by atoms with Crippen LogP contribution in [0.4, 0.5) is 20.6 Å². The molecule has 1 aliphatic heterocycles. The molecule has 0 radical (unpaired) electrons. The second kappa shape index (κ2) is 12.4. The molecular formula is C20H29BrFN5O3. The van der Waals surface area contributed by atoms with E-state index in [0.29, 0.717) is 70.0 Å².